The molecule has 0 fully saturated rings. The maximum Gasteiger partial charge on any atom is 0.254 e. The van der Waals surface area contributed by atoms with Crippen LogP contribution in [0.4, 0.5) is 0 Å². The highest BCUT2D eigenvalue weighted by molar-refractivity contribution is 5.95. The Morgan fingerprint density at radius 2 is 2.11 bits per heavy atom. The highest BCUT2D eigenvalue weighted by Crippen LogP contribution is 2.22. The van der Waals surface area contributed by atoms with Crippen LogP contribution in [-0.4, -0.2) is 17.6 Å². The van der Waals surface area contributed by atoms with Gasteiger partial charge in [-0.1, -0.05) is 0 Å². The van der Waals surface area contributed by atoms with Gasteiger partial charge < -0.3 is 19.3 Å². The molecular formula is C14H17NO4. The summed E-state index contributed by atoms with van der Waals surface area (Å²) in [4.78, 5) is 11.9. The van der Waals surface area contributed by atoms with Crippen molar-refractivity contribution < 1.29 is 18.7 Å². The van der Waals surface area contributed by atoms with Crippen LogP contribution in [0.1, 0.15) is 34.6 Å². The van der Waals surface area contributed by atoms with Crippen molar-refractivity contribution in [1.29, 1.82) is 0 Å². The lowest BCUT2D eigenvalue weighted by atomic mass is 10.0. The number of aliphatic hydroxyl groups is 1. The molecule has 102 valence electrons. The summed E-state index contributed by atoms with van der Waals surface area (Å²) in [5.41, 5.74) is -0.784. The molecule has 1 amide bonds. The molecule has 5 heteroatoms. The molecule has 2 heterocycles. The molecule has 0 aliphatic carbocycles. The number of furan rings is 2. The minimum Gasteiger partial charge on any atom is -0.469 e. The van der Waals surface area contributed by atoms with E-state index in [9.17, 15) is 9.90 Å². The van der Waals surface area contributed by atoms with Crippen molar-refractivity contribution in [3.05, 3.63) is 47.3 Å². The second kappa shape index (κ2) is 4.93. The van der Waals surface area contributed by atoms with Crippen molar-refractivity contribution in [2.75, 3.05) is 6.54 Å². The maximum absolute atomic E-state index is 11.9. The normalized spacial score (nSPS) is 14.1. The van der Waals surface area contributed by atoms with E-state index in [0.29, 0.717) is 22.8 Å². The van der Waals surface area contributed by atoms with E-state index in [1.165, 1.54) is 6.26 Å². The number of carbonyl (C=O) groups is 1. The topological polar surface area (TPSA) is 75.6 Å². The summed E-state index contributed by atoms with van der Waals surface area (Å²) in [7, 11) is 0. The first-order valence-electron chi connectivity index (χ1n) is 6.02. The van der Waals surface area contributed by atoms with Crippen LogP contribution < -0.4 is 5.32 Å². The van der Waals surface area contributed by atoms with E-state index in [0.717, 1.165) is 0 Å². The molecule has 2 aromatic heterocycles. The quantitative estimate of drug-likeness (QED) is 0.886. The monoisotopic (exact) mass is 263 g/mol. The summed E-state index contributed by atoms with van der Waals surface area (Å²) >= 11 is 0. The van der Waals surface area contributed by atoms with E-state index in [2.05, 4.69) is 5.32 Å². The molecule has 1 unspecified atom stereocenters. The lowest BCUT2D eigenvalue weighted by Gasteiger charge is -2.21. The number of hydrogen-bond acceptors (Lipinski definition) is 4. The standard InChI is InChI=1S/C14H17NO4/c1-9-4-5-12(19-9)14(3,17)8-15-13(16)11-6-7-18-10(11)2/h4-7,17H,8H2,1-3H3,(H,15,16). The van der Waals surface area contributed by atoms with Gasteiger partial charge in [0.1, 0.15) is 22.9 Å². The molecule has 0 bridgehead atoms. The highest BCUT2D eigenvalue weighted by Gasteiger charge is 2.27. The molecule has 19 heavy (non-hydrogen) atoms. The Labute approximate surface area is 111 Å². The molecule has 2 rings (SSSR count). The molecule has 0 aliphatic heterocycles. The summed E-state index contributed by atoms with van der Waals surface area (Å²) in [5, 5.41) is 12.9. The highest BCUT2D eigenvalue weighted by atomic mass is 16.4. The maximum atomic E-state index is 11.9. The van der Waals surface area contributed by atoms with Crippen LogP contribution in [0.2, 0.25) is 0 Å². The Kier molecular flexibility index (Phi) is 3.48. The smallest absolute Gasteiger partial charge is 0.254 e. The molecule has 0 radical (unpaired) electrons. The third-order valence-electron chi connectivity index (χ3n) is 2.97. The van der Waals surface area contributed by atoms with Crippen LogP contribution in [0.15, 0.2) is 33.3 Å². The summed E-state index contributed by atoms with van der Waals surface area (Å²) in [6.07, 6.45) is 1.46. The second-order valence-electron chi connectivity index (χ2n) is 4.76. The van der Waals surface area contributed by atoms with Gasteiger partial charge in [0.2, 0.25) is 0 Å². The molecule has 2 N–H and O–H groups in total. The predicted octanol–water partition coefficient (Wildman–Crippen LogP) is 2.13. The van der Waals surface area contributed by atoms with Crippen LogP contribution in [0.3, 0.4) is 0 Å². The number of aryl methyl sites for hydroxylation is 2. The van der Waals surface area contributed by atoms with Crippen molar-refractivity contribution in [2.24, 2.45) is 0 Å². The number of nitrogens with one attached hydrogen (secondary N) is 1. The largest absolute Gasteiger partial charge is 0.469 e. The molecule has 0 aromatic carbocycles. The van der Waals surface area contributed by atoms with Gasteiger partial charge >= 0.3 is 0 Å². The molecular weight excluding hydrogens is 246 g/mol. The van der Waals surface area contributed by atoms with Gasteiger partial charge in [0.15, 0.2) is 0 Å². The van der Waals surface area contributed by atoms with Gasteiger partial charge in [0.25, 0.3) is 5.91 Å². The minimum absolute atomic E-state index is 0.0589. The fourth-order valence-corrected chi connectivity index (χ4v) is 1.78. The van der Waals surface area contributed by atoms with Crippen LogP contribution >= 0.6 is 0 Å². The zero-order valence-electron chi connectivity index (χ0n) is 11.2. The Balaban J connectivity index is 2.02. The fourth-order valence-electron chi connectivity index (χ4n) is 1.78. The molecule has 1 atom stereocenters. The van der Waals surface area contributed by atoms with Crippen molar-refractivity contribution >= 4 is 5.91 Å². The molecule has 0 aliphatic rings. The van der Waals surface area contributed by atoms with Gasteiger partial charge in [0.05, 0.1) is 18.4 Å². The van der Waals surface area contributed by atoms with Crippen LogP contribution in [-0.2, 0) is 5.60 Å². The van der Waals surface area contributed by atoms with Gasteiger partial charge in [-0.2, -0.15) is 0 Å². The summed E-state index contributed by atoms with van der Waals surface area (Å²) in [6.45, 7) is 5.16. The number of hydrogen-bond donors (Lipinski definition) is 2. The average Bonchev–Trinajstić information content (AvgIpc) is 2.95. The predicted molar refractivity (Wildman–Crippen MR) is 68.8 cm³/mol. The van der Waals surface area contributed by atoms with E-state index in [-0.39, 0.29) is 12.5 Å². The number of amides is 1. The van der Waals surface area contributed by atoms with Gasteiger partial charge in [0, 0.05) is 0 Å². The summed E-state index contributed by atoms with van der Waals surface area (Å²) in [5.74, 6) is 1.40. The summed E-state index contributed by atoms with van der Waals surface area (Å²) < 4.78 is 10.4. The van der Waals surface area contributed by atoms with E-state index in [1.54, 1.807) is 39.0 Å². The van der Waals surface area contributed by atoms with Crippen molar-refractivity contribution in [3.8, 4) is 0 Å². The van der Waals surface area contributed by atoms with Gasteiger partial charge in [-0.25, -0.2) is 0 Å². The van der Waals surface area contributed by atoms with Crippen molar-refractivity contribution in [1.82, 2.24) is 5.32 Å². The first-order chi connectivity index (χ1) is 8.90. The van der Waals surface area contributed by atoms with Crippen molar-refractivity contribution in [3.63, 3.8) is 0 Å². The molecule has 2 aromatic rings. The zero-order chi connectivity index (χ0) is 14.0. The van der Waals surface area contributed by atoms with Gasteiger partial charge in [-0.15, -0.1) is 0 Å². The third-order valence-corrected chi connectivity index (χ3v) is 2.97. The minimum atomic E-state index is -1.25. The number of carbonyl (C=O) groups excluding carboxylic acids is 1. The van der Waals surface area contributed by atoms with Gasteiger partial charge in [-0.05, 0) is 39.0 Å². The molecule has 0 saturated heterocycles. The fraction of sp³-hybridized carbons (Fsp3) is 0.357. The SMILES string of the molecule is Cc1ccc(C(C)(O)CNC(=O)c2ccoc2C)o1. The Morgan fingerprint density at radius 3 is 2.63 bits per heavy atom. The first kappa shape index (κ1) is 13.4. The first-order valence-corrected chi connectivity index (χ1v) is 6.02. The van der Waals surface area contributed by atoms with E-state index < -0.39 is 5.60 Å². The lowest BCUT2D eigenvalue weighted by Crippen LogP contribution is -2.38. The Hall–Kier alpha value is -2.01. The molecule has 0 spiro atoms. The van der Waals surface area contributed by atoms with E-state index >= 15 is 0 Å². The molecule has 5 nitrogen and oxygen atoms in total. The average molecular weight is 263 g/mol. The Morgan fingerprint density at radius 1 is 1.37 bits per heavy atom. The molecule has 0 saturated carbocycles. The number of rotatable bonds is 4. The lowest BCUT2D eigenvalue weighted by molar-refractivity contribution is 0.0323. The summed E-state index contributed by atoms with van der Waals surface area (Å²) in [6, 6.07) is 5.06. The third kappa shape index (κ3) is 2.88. The van der Waals surface area contributed by atoms with E-state index in [1.807, 2.05) is 0 Å². The second-order valence-corrected chi connectivity index (χ2v) is 4.76. The van der Waals surface area contributed by atoms with Crippen LogP contribution in [0.5, 0.6) is 0 Å². The zero-order valence-corrected chi connectivity index (χ0v) is 11.2. The Bertz CT molecular complexity index is 580. The van der Waals surface area contributed by atoms with Crippen LogP contribution in [0.25, 0.3) is 0 Å². The van der Waals surface area contributed by atoms with Gasteiger partial charge in [-0.3, -0.25) is 4.79 Å². The van der Waals surface area contributed by atoms with E-state index in [4.69, 9.17) is 8.83 Å². The van der Waals surface area contributed by atoms with Crippen molar-refractivity contribution in [2.45, 2.75) is 26.4 Å². The van der Waals surface area contributed by atoms with Crippen LogP contribution in [0, 0.1) is 13.8 Å².